The monoisotopic (exact) mass is 634 g/mol. The second-order valence-corrected chi connectivity index (χ2v) is 20.4. The van der Waals surface area contributed by atoms with Crippen LogP contribution in [0.3, 0.4) is 0 Å². The number of hydrogen-bond acceptors (Lipinski definition) is 10. The van der Waals surface area contributed by atoms with Crippen molar-refractivity contribution in [2.24, 2.45) is 0 Å². The molecule has 246 valence electrons. The minimum absolute atomic E-state index is 0.0341. The maximum absolute atomic E-state index is 13.3. The molecule has 0 bridgehead atoms. The van der Waals surface area contributed by atoms with Gasteiger partial charge in [0.1, 0.15) is 35.2 Å². The van der Waals surface area contributed by atoms with Crippen molar-refractivity contribution in [1.82, 2.24) is 14.5 Å². The van der Waals surface area contributed by atoms with E-state index in [1.54, 1.807) is 48.5 Å². The summed E-state index contributed by atoms with van der Waals surface area (Å²) in [6, 6.07) is 1.87. The normalized spacial score (nSPS) is 24.0. The first-order chi connectivity index (χ1) is 19.9. The summed E-state index contributed by atoms with van der Waals surface area (Å²) in [4.78, 5) is 36.6. The molecular formula is C31H50N4O8Si. The third-order valence-corrected chi connectivity index (χ3v) is 12.4. The van der Waals surface area contributed by atoms with E-state index >= 15 is 0 Å². The predicted octanol–water partition coefficient (Wildman–Crippen LogP) is 6.86. The molecule has 12 nitrogen and oxygen atoms in total. The van der Waals surface area contributed by atoms with Crippen molar-refractivity contribution in [3.05, 3.63) is 18.0 Å². The van der Waals surface area contributed by atoms with Gasteiger partial charge in [0, 0.05) is 11.6 Å². The van der Waals surface area contributed by atoms with Crippen LogP contribution in [0.5, 0.6) is 0 Å². The molecule has 0 saturated carbocycles. The summed E-state index contributed by atoms with van der Waals surface area (Å²) in [6.07, 6.45) is -1.89. The Kier molecular flexibility index (Phi) is 8.84. The Morgan fingerprint density at radius 1 is 0.955 bits per heavy atom. The summed E-state index contributed by atoms with van der Waals surface area (Å²) in [6.45, 7) is 27.2. The first-order valence-electron chi connectivity index (χ1n) is 15.2. The minimum Gasteiger partial charge on any atom is -0.443 e. The molecule has 2 fully saturated rings. The molecular weight excluding hydrogens is 584 g/mol. The summed E-state index contributed by atoms with van der Waals surface area (Å²) < 4.78 is 38.8. The van der Waals surface area contributed by atoms with Crippen LogP contribution in [0, 0.1) is 6.92 Å². The fourth-order valence-corrected chi connectivity index (χ4v) is 5.87. The number of rotatable bonds is 5. The molecule has 0 unspecified atom stereocenters. The van der Waals surface area contributed by atoms with E-state index in [2.05, 4.69) is 38.8 Å². The van der Waals surface area contributed by atoms with Crippen LogP contribution in [0.15, 0.2) is 12.3 Å². The van der Waals surface area contributed by atoms with Gasteiger partial charge in [0.2, 0.25) is 5.95 Å². The van der Waals surface area contributed by atoms with Crippen molar-refractivity contribution < 1.29 is 37.7 Å². The number of anilines is 1. The second-order valence-electron chi connectivity index (χ2n) is 15.6. The third-order valence-electron chi connectivity index (χ3n) is 7.92. The number of imide groups is 1. The van der Waals surface area contributed by atoms with E-state index in [4.69, 9.17) is 33.1 Å². The standard InChI is InChI=1S/C31H50N4O8Si/c1-18-19-15-16-34(23(19)33-25(32-18)35(26(36)42-28(2,3)4)27(37)43-29(5,6)7)24-22-21(40-31(11,12)41-22)20(39-24)17-38-44(13,14)30(8,9)10/h15-16,20-22,24H,17H2,1-14H3/t20-,21-,22-,24-/m1/s1. The van der Waals surface area contributed by atoms with Crippen molar-refractivity contribution in [2.75, 3.05) is 11.5 Å². The lowest BCUT2D eigenvalue weighted by molar-refractivity contribution is -0.199. The maximum atomic E-state index is 13.3. The van der Waals surface area contributed by atoms with Crippen LogP contribution in [-0.4, -0.2) is 76.9 Å². The lowest BCUT2D eigenvalue weighted by atomic mass is 10.1. The van der Waals surface area contributed by atoms with E-state index in [0.29, 0.717) is 17.9 Å². The summed E-state index contributed by atoms with van der Waals surface area (Å²) >= 11 is 0. The highest BCUT2D eigenvalue weighted by Crippen LogP contribution is 2.45. The zero-order valence-corrected chi connectivity index (χ0v) is 29.7. The molecule has 2 aromatic rings. The highest BCUT2D eigenvalue weighted by Gasteiger charge is 2.56. The predicted molar refractivity (Wildman–Crippen MR) is 168 cm³/mol. The molecule has 0 radical (unpaired) electrons. The number of aromatic nitrogens is 3. The summed E-state index contributed by atoms with van der Waals surface area (Å²) in [5, 5.41) is 0.758. The summed E-state index contributed by atoms with van der Waals surface area (Å²) in [7, 11) is -2.06. The van der Waals surface area contributed by atoms with Crippen LogP contribution >= 0.6 is 0 Å². The highest BCUT2D eigenvalue weighted by atomic mass is 28.4. The van der Waals surface area contributed by atoms with E-state index in [-0.39, 0.29) is 23.2 Å². The van der Waals surface area contributed by atoms with E-state index in [1.807, 2.05) is 30.7 Å². The van der Waals surface area contributed by atoms with Crippen molar-refractivity contribution >= 4 is 37.5 Å². The minimum atomic E-state index is -2.06. The molecule has 4 atom stereocenters. The van der Waals surface area contributed by atoms with Gasteiger partial charge in [-0.2, -0.15) is 4.98 Å². The topological polar surface area (TPSA) is 123 Å². The van der Waals surface area contributed by atoms with E-state index in [0.717, 1.165) is 10.3 Å². The Hall–Kier alpha value is -2.58. The number of amides is 2. The van der Waals surface area contributed by atoms with Gasteiger partial charge in [0.25, 0.3) is 0 Å². The van der Waals surface area contributed by atoms with Gasteiger partial charge in [-0.05, 0) is 86.5 Å². The Labute approximate surface area is 261 Å². The SMILES string of the molecule is Cc1nc(N(C(=O)OC(C)(C)C)C(=O)OC(C)(C)C)nc2c1ccn2[C@@H]1O[C@H](CO[Si](C)(C)C(C)(C)C)[C@H]2OC(C)(C)O[C@H]21. The van der Waals surface area contributed by atoms with Gasteiger partial charge in [-0.25, -0.2) is 14.6 Å². The fraction of sp³-hybridized carbons (Fsp3) is 0.742. The van der Waals surface area contributed by atoms with Crippen LogP contribution in [-0.2, 0) is 28.1 Å². The molecule has 13 heteroatoms. The Morgan fingerprint density at radius 3 is 2.02 bits per heavy atom. The molecule has 2 amide bonds. The second kappa shape index (κ2) is 11.3. The van der Waals surface area contributed by atoms with Gasteiger partial charge in [-0.15, -0.1) is 4.90 Å². The molecule has 0 aliphatic carbocycles. The number of nitrogens with zero attached hydrogens (tertiary/aromatic N) is 4. The Balaban J connectivity index is 1.74. The Morgan fingerprint density at radius 2 is 1.50 bits per heavy atom. The van der Waals surface area contributed by atoms with E-state index in [9.17, 15) is 9.59 Å². The maximum Gasteiger partial charge on any atom is 0.427 e. The van der Waals surface area contributed by atoms with Crippen LogP contribution in [0.25, 0.3) is 11.0 Å². The molecule has 2 aromatic heterocycles. The van der Waals surface area contributed by atoms with Gasteiger partial charge < -0.3 is 32.7 Å². The largest absolute Gasteiger partial charge is 0.443 e. The highest BCUT2D eigenvalue weighted by molar-refractivity contribution is 6.74. The van der Waals surface area contributed by atoms with Crippen molar-refractivity contribution in [2.45, 2.75) is 143 Å². The van der Waals surface area contributed by atoms with Crippen molar-refractivity contribution in [3.63, 3.8) is 0 Å². The van der Waals surface area contributed by atoms with Crippen molar-refractivity contribution in [3.8, 4) is 0 Å². The number of aryl methyl sites for hydroxylation is 1. The Bertz CT molecular complexity index is 1370. The van der Waals surface area contributed by atoms with Crippen molar-refractivity contribution in [1.29, 1.82) is 0 Å². The molecule has 4 rings (SSSR count). The lowest BCUT2D eigenvalue weighted by Crippen LogP contribution is -2.44. The first kappa shape index (κ1) is 34.3. The van der Waals surface area contributed by atoms with Crippen LogP contribution in [0.2, 0.25) is 18.1 Å². The molecule has 0 N–H and O–H groups in total. The van der Waals surface area contributed by atoms with Crippen LogP contribution in [0.4, 0.5) is 15.5 Å². The van der Waals surface area contributed by atoms with Crippen LogP contribution in [0.1, 0.15) is 88.1 Å². The van der Waals surface area contributed by atoms with Gasteiger partial charge in [-0.1, -0.05) is 20.8 Å². The van der Waals surface area contributed by atoms with Gasteiger partial charge in [0.05, 0.1) is 12.3 Å². The quantitative estimate of drug-likeness (QED) is 0.322. The number of carbonyl (C=O) groups is 2. The van der Waals surface area contributed by atoms with Gasteiger partial charge in [-0.3, -0.25) is 0 Å². The number of hydrogen-bond donors (Lipinski definition) is 0. The third kappa shape index (κ3) is 7.28. The van der Waals surface area contributed by atoms with Gasteiger partial charge >= 0.3 is 12.2 Å². The zero-order valence-electron chi connectivity index (χ0n) is 28.7. The molecule has 2 saturated heterocycles. The van der Waals surface area contributed by atoms with Crippen LogP contribution < -0.4 is 4.90 Å². The molecule has 0 aromatic carbocycles. The number of carbonyl (C=O) groups excluding carboxylic acids is 2. The molecule has 0 spiro atoms. The molecule has 4 heterocycles. The first-order valence-corrected chi connectivity index (χ1v) is 18.1. The number of fused-ring (bicyclic) bond motifs is 2. The lowest BCUT2D eigenvalue weighted by Gasteiger charge is -2.37. The van der Waals surface area contributed by atoms with E-state index in [1.165, 1.54) is 0 Å². The number of ether oxygens (including phenoxy) is 5. The zero-order chi connectivity index (χ0) is 33.2. The molecule has 2 aliphatic rings. The summed E-state index contributed by atoms with van der Waals surface area (Å²) in [5.41, 5.74) is -0.750. The molecule has 2 aliphatic heterocycles. The average molecular weight is 635 g/mol. The smallest absolute Gasteiger partial charge is 0.427 e. The molecule has 44 heavy (non-hydrogen) atoms. The van der Waals surface area contributed by atoms with Gasteiger partial charge in [0.15, 0.2) is 20.3 Å². The fourth-order valence-electron chi connectivity index (χ4n) is 4.85. The summed E-state index contributed by atoms with van der Waals surface area (Å²) in [5.74, 6) is -0.995. The van der Waals surface area contributed by atoms with E-state index < -0.39 is 49.8 Å². The average Bonchev–Trinajstić information content (AvgIpc) is 3.45.